The molecule has 3 rings (SSSR count). The van der Waals surface area contributed by atoms with Crippen LogP contribution in [0.1, 0.15) is 23.2 Å². The molecule has 0 aliphatic carbocycles. The number of hydrogen-bond acceptors (Lipinski definition) is 4. The number of anilines is 2. The van der Waals surface area contributed by atoms with Gasteiger partial charge in [0.15, 0.2) is 0 Å². The van der Waals surface area contributed by atoms with Gasteiger partial charge in [0.2, 0.25) is 5.91 Å². The standard InChI is InChI=1S/C20H23N3O3/c1-23(17-8-3-2-4-9-17)18(24)15-6-5-7-16(14-15)22-19(25)20(21)10-12-26-13-11-20/h2-9,14H,10-13,21H2,1H3,(H,22,25). The second-order valence-electron chi connectivity index (χ2n) is 6.50. The van der Waals surface area contributed by atoms with Gasteiger partial charge in [0.05, 0.1) is 0 Å². The maximum atomic E-state index is 12.7. The molecule has 6 nitrogen and oxygen atoms in total. The SMILES string of the molecule is CN(C(=O)c1cccc(NC(=O)C2(N)CCOCC2)c1)c1ccccc1. The van der Waals surface area contributed by atoms with Crippen molar-refractivity contribution < 1.29 is 14.3 Å². The minimum Gasteiger partial charge on any atom is -0.381 e. The molecule has 1 heterocycles. The van der Waals surface area contributed by atoms with Gasteiger partial charge < -0.3 is 20.7 Å². The van der Waals surface area contributed by atoms with E-state index in [1.165, 1.54) is 0 Å². The number of nitrogens with one attached hydrogen (secondary N) is 1. The lowest BCUT2D eigenvalue weighted by molar-refractivity contribution is -0.124. The summed E-state index contributed by atoms with van der Waals surface area (Å²) in [6.45, 7) is 0.953. The first kappa shape index (κ1) is 18.1. The molecule has 0 saturated carbocycles. The number of rotatable bonds is 4. The van der Waals surface area contributed by atoms with Gasteiger partial charge in [-0.05, 0) is 43.2 Å². The van der Waals surface area contributed by atoms with Crippen LogP contribution in [-0.2, 0) is 9.53 Å². The van der Waals surface area contributed by atoms with Crippen molar-refractivity contribution in [3.05, 3.63) is 60.2 Å². The Morgan fingerprint density at radius 1 is 1.08 bits per heavy atom. The summed E-state index contributed by atoms with van der Waals surface area (Å²) >= 11 is 0. The molecule has 1 aliphatic rings. The van der Waals surface area contributed by atoms with E-state index in [1.807, 2.05) is 30.3 Å². The number of hydrogen-bond donors (Lipinski definition) is 2. The zero-order valence-electron chi connectivity index (χ0n) is 14.8. The van der Waals surface area contributed by atoms with Crippen molar-refractivity contribution in [1.82, 2.24) is 0 Å². The van der Waals surface area contributed by atoms with E-state index < -0.39 is 5.54 Å². The fourth-order valence-corrected chi connectivity index (χ4v) is 2.91. The summed E-state index contributed by atoms with van der Waals surface area (Å²) in [5.74, 6) is -0.400. The third-order valence-corrected chi connectivity index (χ3v) is 4.65. The smallest absolute Gasteiger partial charge is 0.258 e. The van der Waals surface area contributed by atoms with Crippen molar-refractivity contribution in [3.8, 4) is 0 Å². The van der Waals surface area contributed by atoms with Crippen molar-refractivity contribution in [2.45, 2.75) is 18.4 Å². The second kappa shape index (κ2) is 7.68. The van der Waals surface area contributed by atoms with E-state index in [1.54, 1.807) is 36.2 Å². The maximum absolute atomic E-state index is 12.7. The largest absolute Gasteiger partial charge is 0.381 e. The number of ether oxygens (including phenoxy) is 1. The summed E-state index contributed by atoms with van der Waals surface area (Å²) < 4.78 is 5.27. The van der Waals surface area contributed by atoms with E-state index in [-0.39, 0.29) is 11.8 Å². The first-order valence-electron chi connectivity index (χ1n) is 8.61. The Morgan fingerprint density at radius 3 is 2.46 bits per heavy atom. The average Bonchev–Trinajstić information content (AvgIpc) is 2.68. The third kappa shape index (κ3) is 3.92. The molecule has 26 heavy (non-hydrogen) atoms. The number of benzene rings is 2. The Labute approximate surface area is 152 Å². The molecule has 6 heteroatoms. The maximum Gasteiger partial charge on any atom is 0.258 e. The van der Waals surface area contributed by atoms with Crippen LogP contribution in [0, 0.1) is 0 Å². The molecule has 1 aliphatic heterocycles. The van der Waals surface area contributed by atoms with E-state index in [9.17, 15) is 9.59 Å². The van der Waals surface area contributed by atoms with Crippen LogP contribution in [0.25, 0.3) is 0 Å². The third-order valence-electron chi connectivity index (χ3n) is 4.65. The minimum absolute atomic E-state index is 0.152. The van der Waals surface area contributed by atoms with E-state index in [0.717, 1.165) is 5.69 Å². The van der Waals surface area contributed by atoms with Gasteiger partial charge in [0.1, 0.15) is 5.54 Å². The monoisotopic (exact) mass is 353 g/mol. The van der Waals surface area contributed by atoms with Gasteiger partial charge in [0.25, 0.3) is 5.91 Å². The van der Waals surface area contributed by atoms with Crippen molar-refractivity contribution in [1.29, 1.82) is 0 Å². The van der Waals surface area contributed by atoms with Gasteiger partial charge in [-0.15, -0.1) is 0 Å². The molecule has 136 valence electrons. The highest BCUT2D eigenvalue weighted by molar-refractivity contribution is 6.07. The summed E-state index contributed by atoms with van der Waals surface area (Å²) in [7, 11) is 1.72. The summed E-state index contributed by atoms with van der Waals surface area (Å²) in [6.07, 6.45) is 0.961. The molecule has 1 fully saturated rings. The highest BCUT2D eigenvalue weighted by Gasteiger charge is 2.36. The van der Waals surface area contributed by atoms with E-state index in [4.69, 9.17) is 10.5 Å². The van der Waals surface area contributed by atoms with Gasteiger partial charge in [-0.2, -0.15) is 0 Å². The van der Waals surface area contributed by atoms with Crippen LogP contribution in [0.3, 0.4) is 0 Å². The molecule has 2 aromatic carbocycles. The highest BCUT2D eigenvalue weighted by atomic mass is 16.5. The van der Waals surface area contributed by atoms with Crippen LogP contribution in [0.2, 0.25) is 0 Å². The Hall–Kier alpha value is -2.70. The molecule has 0 radical (unpaired) electrons. The van der Waals surface area contributed by atoms with Gasteiger partial charge in [-0.1, -0.05) is 24.3 Å². The van der Waals surface area contributed by atoms with Crippen LogP contribution >= 0.6 is 0 Å². The Balaban J connectivity index is 1.73. The van der Waals surface area contributed by atoms with Crippen LogP contribution in [0.5, 0.6) is 0 Å². The number of carbonyl (C=O) groups is 2. The molecule has 3 N–H and O–H groups in total. The van der Waals surface area contributed by atoms with Gasteiger partial charge >= 0.3 is 0 Å². The molecule has 0 aromatic heterocycles. The predicted molar refractivity (Wildman–Crippen MR) is 101 cm³/mol. The molecule has 0 spiro atoms. The predicted octanol–water partition coefficient (Wildman–Crippen LogP) is 2.41. The van der Waals surface area contributed by atoms with Crippen LogP contribution in [0.15, 0.2) is 54.6 Å². The van der Waals surface area contributed by atoms with E-state index in [0.29, 0.717) is 37.3 Å². The number of nitrogens with zero attached hydrogens (tertiary/aromatic N) is 1. The van der Waals surface area contributed by atoms with Gasteiger partial charge in [-0.3, -0.25) is 9.59 Å². The van der Waals surface area contributed by atoms with Crippen LogP contribution in [0.4, 0.5) is 11.4 Å². The highest BCUT2D eigenvalue weighted by Crippen LogP contribution is 2.22. The van der Waals surface area contributed by atoms with Crippen molar-refractivity contribution >= 4 is 23.2 Å². The molecule has 1 saturated heterocycles. The second-order valence-corrected chi connectivity index (χ2v) is 6.50. The fraction of sp³-hybridized carbons (Fsp3) is 0.300. The van der Waals surface area contributed by atoms with Gasteiger partial charge in [0, 0.05) is 37.2 Å². The molecular weight excluding hydrogens is 330 g/mol. The lowest BCUT2D eigenvalue weighted by Crippen LogP contribution is -2.54. The van der Waals surface area contributed by atoms with E-state index >= 15 is 0 Å². The quantitative estimate of drug-likeness (QED) is 0.884. The number of nitrogens with two attached hydrogens (primary N) is 1. The van der Waals surface area contributed by atoms with Crippen molar-refractivity contribution in [2.75, 3.05) is 30.5 Å². The Morgan fingerprint density at radius 2 is 1.77 bits per heavy atom. The Kier molecular flexibility index (Phi) is 5.35. The Bertz CT molecular complexity index is 786. The fourth-order valence-electron chi connectivity index (χ4n) is 2.91. The molecule has 2 aromatic rings. The van der Waals surface area contributed by atoms with Gasteiger partial charge in [-0.25, -0.2) is 0 Å². The summed E-state index contributed by atoms with van der Waals surface area (Å²) in [6, 6.07) is 16.3. The zero-order valence-corrected chi connectivity index (χ0v) is 14.8. The summed E-state index contributed by atoms with van der Waals surface area (Å²) in [5.41, 5.74) is 7.12. The average molecular weight is 353 g/mol. The normalized spacial score (nSPS) is 15.9. The number of carbonyl (C=O) groups excluding carboxylic acids is 2. The van der Waals surface area contributed by atoms with E-state index in [2.05, 4.69) is 5.32 Å². The van der Waals surface area contributed by atoms with Crippen molar-refractivity contribution in [3.63, 3.8) is 0 Å². The molecule has 0 unspecified atom stereocenters. The summed E-state index contributed by atoms with van der Waals surface area (Å²) in [4.78, 5) is 26.8. The first-order valence-corrected chi connectivity index (χ1v) is 8.61. The molecule has 2 amide bonds. The molecular formula is C20H23N3O3. The van der Waals surface area contributed by atoms with Crippen LogP contribution in [-0.4, -0.2) is 37.6 Å². The lowest BCUT2D eigenvalue weighted by Gasteiger charge is -2.31. The van der Waals surface area contributed by atoms with Crippen molar-refractivity contribution in [2.24, 2.45) is 5.73 Å². The number of para-hydroxylation sites is 1. The summed E-state index contributed by atoms with van der Waals surface area (Å²) in [5, 5.41) is 2.84. The lowest BCUT2D eigenvalue weighted by atomic mass is 9.90. The number of amides is 2. The minimum atomic E-state index is -0.931. The topological polar surface area (TPSA) is 84.7 Å². The molecule has 0 atom stereocenters. The zero-order chi connectivity index (χ0) is 18.6. The van der Waals surface area contributed by atoms with Crippen LogP contribution < -0.4 is 16.0 Å². The first-order chi connectivity index (χ1) is 12.5. The molecule has 0 bridgehead atoms.